The number of halogens is 1. The predicted molar refractivity (Wildman–Crippen MR) is 106 cm³/mol. The largest absolute Gasteiger partial charge is 0.385 e. The Morgan fingerprint density at radius 2 is 2.04 bits per heavy atom. The molecule has 3 heterocycles. The molecule has 8 heteroatoms. The number of carbonyl (C=O) groups excluding carboxylic acids is 1. The molecule has 3 aromatic rings. The monoisotopic (exact) mass is 385 g/mol. The Bertz CT molecular complexity index is 981. The number of carbonyl (C=O) groups is 1. The Morgan fingerprint density at radius 3 is 2.82 bits per heavy atom. The van der Waals surface area contributed by atoms with Crippen LogP contribution >= 0.6 is 0 Å². The number of piperazine rings is 1. The van der Waals surface area contributed by atoms with Crippen LogP contribution in [0.5, 0.6) is 0 Å². The maximum absolute atomic E-state index is 13.7. The van der Waals surface area contributed by atoms with Crippen molar-refractivity contribution in [3.63, 3.8) is 0 Å². The number of fused-ring (bicyclic) bond motifs is 3. The van der Waals surface area contributed by atoms with Crippen LogP contribution in [0.2, 0.25) is 0 Å². The van der Waals surface area contributed by atoms with E-state index >= 15 is 0 Å². The minimum absolute atomic E-state index is 0.0443. The molecule has 2 amide bonds. The summed E-state index contributed by atoms with van der Waals surface area (Å²) >= 11 is 0. The van der Waals surface area contributed by atoms with E-state index in [0.717, 1.165) is 23.3 Å². The van der Waals surface area contributed by atoms with Gasteiger partial charge in [0.1, 0.15) is 5.82 Å². The van der Waals surface area contributed by atoms with Gasteiger partial charge in [0, 0.05) is 58.7 Å². The minimum atomic E-state index is -0.299. The normalized spacial score (nSPS) is 14.8. The summed E-state index contributed by atoms with van der Waals surface area (Å²) in [6.45, 7) is 3.84. The number of methoxy groups -OCH3 is 1. The number of rotatable bonds is 5. The smallest absolute Gasteiger partial charge is 0.317 e. The quantitative estimate of drug-likeness (QED) is 0.686. The average molecular weight is 385 g/mol. The van der Waals surface area contributed by atoms with E-state index in [4.69, 9.17) is 9.72 Å². The van der Waals surface area contributed by atoms with Gasteiger partial charge in [-0.2, -0.15) is 0 Å². The molecule has 0 atom stereocenters. The highest BCUT2D eigenvalue weighted by Gasteiger charge is 2.23. The number of urea groups is 1. The van der Waals surface area contributed by atoms with Crippen molar-refractivity contribution < 1.29 is 13.9 Å². The Morgan fingerprint density at radius 1 is 1.21 bits per heavy atom. The predicted octanol–water partition coefficient (Wildman–Crippen LogP) is 2.49. The van der Waals surface area contributed by atoms with Gasteiger partial charge in [-0.3, -0.25) is 0 Å². The van der Waals surface area contributed by atoms with Gasteiger partial charge >= 0.3 is 6.03 Å². The number of nitrogens with one attached hydrogen (secondary N) is 1. The summed E-state index contributed by atoms with van der Waals surface area (Å²) < 4.78 is 20.7. The van der Waals surface area contributed by atoms with E-state index in [9.17, 15) is 9.18 Å². The lowest BCUT2D eigenvalue weighted by Gasteiger charge is -2.35. The van der Waals surface area contributed by atoms with Crippen LogP contribution in [-0.4, -0.2) is 66.8 Å². The molecular formula is C20H24FN5O2. The third-order valence-electron chi connectivity index (χ3n) is 5.07. The Hall–Kier alpha value is -2.87. The number of benzene rings is 1. The molecule has 28 heavy (non-hydrogen) atoms. The van der Waals surface area contributed by atoms with Crippen molar-refractivity contribution in [3.8, 4) is 0 Å². The second kappa shape index (κ2) is 8.02. The first-order valence-corrected chi connectivity index (χ1v) is 9.50. The van der Waals surface area contributed by atoms with Crippen LogP contribution in [-0.2, 0) is 4.74 Å². The molecule has 0 unspecified atom stereocenters. The standard InChI is InChI=1S/C20H24FN5O2/c1-28-13-3-7-22-20(27)25-11-9-24(10-12-25)19-18-4-2-8-26(18)17-6-5-15(21)14-16(17)23-19/h2,4-6,8,14H,3,7,9-13H2,1H3,(H,22,27). The summed E-state index contributed by atoms with van der Waals surface area (Å²) in [5, 5.41) is 2.92. The fourth-order valence-electron chi connectivity index (χ4n) is 3.61. The lowest BCUT2D eigenvalue weighted by Crippen LogP contribution is -2.52. The molecule has 0 saturated carbocycles. The van der Waals surface area contributed by atoms with Gasteiger partial charge in [-0.25, -0.2) is 14.2 Å². The highest BCUT2D eigenvalue weighted by atomic mass is 19.1. The van der Waals surface area contributed by atoms with E-state index in [-0.39, 0.29) is 11.8 Å². The lowest BCUT2D eigenvalue weighted by molar-refractivity contribution is 0.183. The SMILES string of the molecule is COCCCNC(=O)N1CCN(c2nc3cc(F)ccc3n3cccc23)CC1. The second-order valence-corrected chi connectivity index (χ2v) is 6.88. The van der Waals surface area contributed by atoms with Crippen LogP contribution in [0.3, 0.4) is 0 Å². The highest BCUT2D eigenvalue weighted by molar-refractivity contribution is 5.85. The van der Waals surface area contributed by atoms with Crippen LogP contribution in [0.15, 0.2) is 36.5 Å². The molecule has 7 nitrogen and oxygen atoms in total. The zero-order valence-corrected chi connectivity index (χ0v) is 15.9. The van der Waals surface area contributed by atoms with Crippen molar-refractivity contribution in [2.75, 3.05) is 51.3 Å². The van der Waals surface area contributed by atoms with Gasteiger partial charge in [-0.1, -0.05) is 0 Å². The summed E-state index contributed by atoms with van der Waals surface area (Å²) in [6.07, 6.45) is 2.76. The molecule has 1 fully saturated rings. The number of amides is 2. The van der Waals surface area contributed by atoms with E-state index < -0.39 is 0 Å². The topological polar surface area (TPSA) is 62.1 Å². The molecule has 1 aliphatic rings. The van der Waals surface area contributed by atoms with Crippen molar-refractivity contribution in [3.05, 3.63) is 42.3 Å². The minimum Gasteiger partial charge on any atom is -0.385 e. The molecule has 148 valence electrons. The van der Waals surface area contributed by atoms with E-state index in [1.54, 1.807) is 13.2 Å². The highest BCUT2D eigenvalue weighted by Crippen LogP contribution is 2.26. The molecule has 0 bridgehead atoms. The van der Waals surface area contributed by atoms with Crippen LogP contribution in [0.4, 0.5) is 15.0 Å². The molecule has 0 spiro atoms. The van der Waals surface area contributed by atoms with Crippen molar-refractivity contribution >= 4 is 28.4 Å². The van der Waals surface area contributed by atoms with Gasteiger partial charge in [-0.15, -0.1) is 0 Å². The van der Waals surface area contributed by atoms with Crippen LogP contribution < -0.4 is 10.2 Å². The molecule has 1 saturated heterocycles. The summed E-state index contributed by atoms with van der Waals surface area (Å²) in [7, 11) is 1.65. The number of nitrogens with zero attached hydrogens (tertiary/aromatic N) is 4. The first kappa shape index (κ1) is 18.5. The summed E-state index contributed by atoms with van der Waals surface area (Å²) in [4.78, 5) is 21.0. The second-order valence-electron chi connectivity index (χ2n) is 6.88. The van der Waals surface area contributed by atoms with E-state index in [0.29, 0.717) is 44.8 Å². The van der Waals surface area contributed by atoms with Crippen molar-refractivity contribution in [1.29, 1.82) is 0 Å². The summed E-state index contributed by atoms with van der Waals surface area (Å²) in [6, 6.07) is 8.60. The average Bonchev–Trinajstić information content (AvgIpc) is 3.20. The number of anilines is 1. The van der Waals surface area contributed by atoms with Crippen LogP contribution in [0.25, 0.3) is 16.6 Å². The fraction of sp³-hybridized carbons (Fsp3) is 0.400. The summed E-state index contributed by atoms with van der Waals surface area (Å²) in [5.41, 5.74) is 2.48. The number of ether oxygens (including phenoxy) is 1. The molecule has 1 N–H and O–H groups in total. The molecule has 1 aromatic carbocycles. The first-order chi connectivity index (χ1) is 13.7. The first-order valence-electron chi connectivity index (χ1n) is 9.50. The fourth-order valence-corrected chi connectivity index (χ4v) is 3.61. The van der Waals surface area contributed by atoms with Gasteiger partial charge < -0.3 is 24.3 Å². The van der Waals surface area contributed by atoms with Gasteiger partial charge in [0.05, 0.1) is 16.6 Å². The maximum atomic E-state index is 13.7. The maximum Gasteiger partial charge on any atom is 0.317 e. The Kier molecular flexibility index (Phi) is 5.29. The van der Waals surface area contributed by atoms with E-state index in [1.807, 2.05) is 27.6 Å². The molecule has 0 aliphatic carbocycles. The lowest BCUT2D eigenvalue weighted by atomic mass is 10.2. The third-order valence-corrected chi connectivity index (χ3v) is 5.07. The van der Waals surface area contributed by atoms with Crippen molar-refractivity contribution in [2.24, 2.45) is 0 Å². The zero-order chi connectivity index (χ0) is 19.5. The van der Waals surface area contributed by atoms with Crippen molar-refractivity contribution in [1.82, 2.24) is 19.6 Å². The van der Waals surface area contributed by atoms with E-state index in [2.05, 4.69) is 10.2 Å². The number of hydrogen-bond donors (Lipinski definition) is 1. The molecule has 0 radical (unpaired) electrons. The van der Waals surface area contributed by atoms with Gasteiger partial charge in [-0.05, 0) is 30.7 Å². The summed E-state index contributed by atoms with van der Waals surface area (Å²) in [5.74, 6) is 0.524. The molecule has 1 aliphatic heterocycles. The Balaban J connectivity index is 1.49. The number of hydrogen-bond acceptors (Lipinski definition) is 4. The molecule has 4 rings (SSSR count). The third kappa shape index (κ3) is 3.60. The van der Waals surface area contributed by atoms with Crippen LogP contribution in [0, 0.1) is 5.82 Å². The molecule has 2 aromatic heterocycles. The zero-order valence-electron chi connectivity index (χ0n) is 15.9. The van der Waals surface area contributed by atoms with E-state index in [1.165, 1.54) is 12.1 Å². The Labute approximate surface area is 162 Å². The van der Waals surface area contributed by atoms with Crippen LogP contribution in [0.1, 0.15) is 6.42 Å². The van der Waals surface area contributed by atoms with Crippen molar-refractivity contribution in [2.45, 2.75) is 6.42 Å². The molecular weight excluding hydrogens is 361 g/mol. The van der Waals surface area contributed by atoms with Gasteiger partial charge in [0.15, 0.2) is 5.82 Å². The number of aromatic nitrogens is 2. The van der Waals surface area contributed by atoms with Gasteiger partial charge in [0.25, 0.3) is 0 Å². The van der Waals surface area contributed by atoms with Gasteiger partial charge in [0.2, 0.25) is 0 Å².